The third-order valence-corrected chi connectivity index (χ3v) is 6.99. The van der Waals surface area contributed by atoms with E-state index in [0.29, 0.717) is 35.4 Å². The predicted octanol–water partition coefficient (Wildman–Crippen LogP) is 4.73. The molecule has 35 heavy (non-hydrogen) atoms. The van der Waals surface area contributed by atoms with E-state index in [1.807, 2.05) is 35.7 Å². The van der Waals surface area contributed by atoms with Crippen molar-refractivity contribution in [1.29, 1.82) is 0 Å². The Hall–Kier alpha value is -3.23. The summed E-state index contributed by atoms with van der Waals surface area (Å²) in [4.78, 5) is 31.0. The number of hydrogen-bond acceptors (Lipinski definition) is 6. The van der Waals surface area contributed by atoms with E-state index in [-0.39, 0.29) is 37.8 Å². The van der Waals surface area contributed by atoms with Crippen LogP contribution in [0.15, 0.2) is 60.0 Å². The van der Waals surface area contributed by atoms with Crippen molar-refractivity contribution in [3.05, 3.63) is 75.4 Å². The van der Waals surface area contributed by atoms with Gasteiger partial charge in [0.2, 0.25) is 12.7 Å². The Morgan fingerprint density at radius 2 is 1.80 bits per heavy atom. The zero-order valence-electron chi connectivity index (χ0n) is 19.0. The molecular formula is C26H25ClN2O5S. The molecule has 2 heterocycles. The lowest BCUT2D eigenvalue weighted by molar-refractivity contribution is -0.142. The summed E-state index contributed by atoms with van der Waals surface area (Å²) in [6.45, 7) is 0.968. The zero-order valence-corrected chi connectivity index (χ0v) is 20.6. The molecule has 2 aliphatic rings. The quantitative estimate of drug-likeness (QED) is 0.393. The van der Waals surface area contributed by atoms with Gasteiger partial charge < -0.3 is 24.0 Å². The molecule has 182 valence electrons. The van der Waals surface area contributed by atoms with Crippen LogP contribution in [0.2, 0.25) is 5.02 Å². The molecule has 2 aromatic carbocycles. The number of benzene rings is 2. The van der Waals surface area contributed by atoms with Crippen LogP contribution in [0.4, 0.5) is 0 Å². The summed E-state index contributed by atoms with van der Waals surface area (Å²) in [7, 11) is 0. The summed E-state index contributed by atoms with van der Waals surface area (Å²) in [6.07, 6.45) is 1.79. The average Bonchev–Trinajstić information content (AvgIpc) is 3.36. The molecule has 0 saturated heterocycles. The Bertz CT molecular complexity index is 1180. The number of carbonyl (C=O) groups excluding carboxylic acids is 2. The number of carbonyl (C=O) groups is 2. The van der Waals surface area contributed by atoms with E-state index in [1.54, 1.807) is 45.4 Å². The molecule has 2 amide bonds. The van der Waals surface area contributed by atoms with Gasteiger partial charge in [-0.15, -0.1) is 11.3 Å². The molecule has 1 aromatic heterocycles. The standard InChI is InChI=1S/C26H25ClN2O5S/c27-19-4-8-21(9-5-19)32-16-26(31)29(20-6-7-20)15-25(30)28(14-22-2-1-11-35-22)13-18-3-10-23-24(12-18)34-17-33-23/h1-5,8-12,20H,6-7,13-17H2. The van der Waals surface area contributed by atoms with Crippen molar-refractivity contribution < 1.29 is 23.8 Å². The molecule has 3 aromatic rings. The molecule has 7 nitrogen and oxygen atoms in total. The highest BCUT2D eigenvalue weighted by atomic mass is 35.5. The van der Waals surface area contributed by atoms with Crippen molar-refractivity contribution in [2.24, 2.45) is 0 Å². The van der Waals surface area contributed by atoms with E-state index >= 15 is 0 Å². The zero-order chi connectivity index (χ0) is 24.2. The first kappa shape index (κ1) is 23.5. The maximum Gasteiger partial charge on any atom is 0.261 e. The van der Waals surface area contributed by atoms with Gasteiger partial charge >= 0.3 is 0 Å². The number of thiophene rings is 1. The normalized spacial score (nSPS) is 14.0. The number of rotatable bonds is 10. The van der Waals surface area contributed by atoms with Crippen molar-refractivity contribution >= 4 is 34.8 Å². The van der Waals surface area contributed by atoms with Crippen LogP contribution in [-0.4, -0.2) is 47.6 Å². The molecule has 0 radical (unpaired) electrons. The number of fused-ring (bicyclic) bond motifs is 1. The van der Waals surface area contributed by atoms with Crippen LogP contribution in [0.25, 0.3) is 0 Å². The molecule has 0 unspecified atom stereocenters. The summed E-state index contributed by atoms with van der Waals surface area (Å²) in [5.41, 5.74) is 0.939. The maximum absolute atomic E-state index is 13.5. The average molecular weight is 513 g/mol. The molecule has 1 saturated carbocycles. The van der Waals surface area contributed by atoms with Gasteiger partial charge in [-0.1, -0.05) is 23.7 Å². The third kappa shape index (κ3) is 6.07. The van der Waals surface area contributed by atoms with Gasteiger partial charge in [0, 0.05) is 22.5 Å². The minimum absolute atomic E-state index is 0.0173. The Kier molecular flexibility index (Phi) is 7.11. The van der Waals surface area contributed by atoms with E-state index in [1.165, 1.54) is 0 Å². The maximum atomic E-state index is 13.5. The highest BCUT2D eigenvalue weighted by Crippen LogP contribution is 2.33. The lowest BCUT2D eigenvalue weighted by Gasteiger charge is -2.28. The lowest BCUT2D eigenvalue weighted by Crippen LogP contribution is -2.45. The van der Waals surface area contributed by atoms with Gasteiger partial charge in [0.1, 0.15) is 12.3 Å². The molecule has 1 aliphatic carbocycles. The fourth-order valence-electron chi connectivity index (χ4n) is 3.89. The topological polar surface area (TPSA) is 68.3 Å². The minimum Gasteiger partial charge on any atom is -0.484 e. The third-order valence-electron chi connectivity index (χ3n) is 5.88. The predicted molar refractivity (Wildman–Crippen MR) is 133 cm³/mol. The molecule has 0 N–H and O–H groups in total. The Balaban J connectivity index is 1.27. The van der Waals surface area contributed by atoms with Crippen LogP contribution in [-0.2, 0) is 22.7 Å². The molecule has 9 heteroatoms. The van der Waals surface area contributed by atoms with Crippen molar-refractivity contribution in [3.63, 3.8) is 0 Å². The number of hydrogen-bond donors (Lipinski definition) is 0. The smallest absolute Gasteiger partial charge is 0.261 e. The van der Waals surface area contributed by atoms with Crippen molar-refractivity contribution in [3.8, 4) is 17.2 Å². The fraction of sp³-hybridized carbons (Fsp3) is 0.308. The highest BCUT2D eigenvalue weighted by Gasteiger charge is 2.35. The summed E-state index contributed by atoms with van der Waals surface area (Å²) in [6, 6.07) is 16.6. The highest BCUT2D eigenvalue weighted by molar-refractivity contribution is 7.09. The van der Waals surface area contributed by atoms with E-state index < -0.39 is 0 Å². The molecule has 5 rings (SSSR count). The first-order chi connectivity index (χ1) is 17.0. The van der Waals surface area contributed by atoms with Crippen LogP contribution in [0, 0.1) is 0 Å². The van der Waals surface area contributed by atoms with Gasteiger partial charge in [-0.2, -0.15) is 0 Å². The lowest BCUT2D eigenvalue weighted by atomic mass is 10.2. The summed E-state index contributed by atoms with van der Waals surface area (Å²) >= 11 is 7.51. The van der Waals surface area contributed by atoms with Gasteiger partial charge in [-0.25, -0.2) is 0 Å². The summed E-state index contributed by atoms with van der Waals surface area (Å²) < 4.78 is 16.5. The van der Waals surface area contributed by atoms with Crippen molar-refractivity contribution in [1.82, 2.24) is 9.80 Å². The fourth-order valence-corrected chi connectivity index (χ4v) is 4.74. The SMILES string of the molecule is O=C(CN(C(=O)COc1ccc(Cl)cc1)C1CC1)N(Cc1ccc2c(c1)OCO2)Cc1cccs1. The number of ether oxygens (including phenoxy) is 3. The number of nitrogens with zero attached hydrogens (tertiary/aromatic N) is 2. The second-order valence-corrected chi connectivity index (χ2v) is 9.98. The van der Waals surface area contributed by atoms with E-state index in [2.05, 4.69) is 0 Å². The second-order valence-electron chi connectivity index (χ2n) is 8.51. The molecular weight excluding hydrogens is 488 g/mol. The Morgan fingerprint density at radius 1 is 1.00 bits per heavy atom. The minimum atomic E-state index is -0.199. The molecule has 0 atom stereocenters. The van der Waals surface area contributed by atoms with Gasteiger partial charge in [0.15, 0.2) is 18.1 Å². The van der Waals surface area contributed by atoms with E-state index in [0.717, 1.165) is 23.3 Å². The van der Waals surface area contributed by atoms with Crippen molar-refractivity contribution in [2.45, 2.75) is 32.0 Å². The van der Waals surface area contributed by atoms with Gasteiger partial charge in [-0.05, 0) is 66.2 Å². The van der Waals surface area contributed by atoms with Gasteiger partial charge in [-0.3, -0.25) is 9.59 Å². The number of halogens is 1. The molecule has 0 spiro atoms. The molecule has 1 aliphatic heterocycles. The van der Waals surface area contributed by atoms with Crippen molar-refractivity contribution in [2.75, 3.05) is 19.9 Å². The van der Waals surface area contributed by atoms with Gasteiger partial charge in [0.05, 0.1) is 6.54 Å². The van der Waals surface area contributed by atoms with Crippen LogP contribution in [0.3, 0.4) is 0 Å². The first-order valence-electron chi connectivity index (χ1n) is 11.4. The number of amides is 2. The summed E-state index contributed by atoms with van der Waals surface area (Å²) in [5.74, 6) is 1.64. The first-order valence-corrected chi connectivity index (χ1v) is 12.7. The van der Waals surface area contributed by atoms with E-state index in [9.17, 15) is 9.59 Å². The Labute approximate surface area is 212 Å². The monoisotopic (exact) mass is 512 g/mol. The van der Waals surface area contributed by atoms with Crippen LogP contribution in [0.5, 0.6) is 17.2 Å². The molecule has 1 fully saturated rings. The summed E-state index contributed by atoms with van der Waals surface area (Å²) in [5, 5.41) is 2.59. The largest absolute Gasteiger partial charge is 0.484 e. The Morgan fingerprint density at radius 3 is 2.54 bits per heavy atom. The van der Waals surface area contributed by atoms with Crippen LogP contribution < -0.4 is 14.2 Å². The van der Waals surface area contributed by atoms with E-state index in [4.69, 9.17) is 25.8 Å². The molecule has 0 bridgehead atoms. The van der Waals surface area contributed by atoms with Crippen LogP contribution >= 0.6 is 22.9 Å². The van der Waals surface area contributed by atoms with Crippen LogP contribution in [0.1, 0.15) is 23.3 Å². The second kappa shape index (κ2) is 10.6. The van der Waals surface area contributed by atoms with Gasteiger partial charge in [0.25, 0.3) is 5.91 Å².